The minimum atomic E-state index is 0.276. The summed E-state index contributed by atoms with van der Waals surface area (Å²) in [7, 11) is 0. The summed E-state index contributed by atoms with van der Waals surface area (Å²) in [4.78, 5) is 5.83. The number of anilines is 1. The highest BCUT2D eigenvalue weighted by Gasteiger charge is 2.13. The molecule has 0 saturated carbocycles. The van der Waals surface area contributed by atoms with Crippen LogP contribution in [0.2, 0.25) is 0 Å². The molecule has 0 spiro atoms. The van der Waals surface area contributed by atoms with Gasteiger partial charge in [0, 0.05) is 10.6 Å². The fourth-order valence-corrected chi connectivity index (χ4v) is 2.98. The van der Waals surface area contributed by atoms with Gasteiger partial charge in [-0.1, -0.05) is 19.1 Å². The molecule has 0 bridgehead atoms. The van der Waals surface area contributed by atoms with E-state index in [0.29, 0.717) is 5.95 Å². The van der Waals surface area contributed by atoms with Gasteiger partial charge >= 0.3 is 0 Å². The Morgan fingerprint density at radius 3 is 2.89 bits per heavy atom. The highest BCUT2D eigenvalue weighted by atomic mass is 32.1. The first-order valence-electron chi connectivity index (χ1n) is 6.40. The maximum absolute atomic E-state index is 4.52. The van der Waals surface area contributed by atoms with E-state index in [4.69, 9.17) is 0 Å². The third kappa shape index (κ3) is 2.33. The molecule has 0 aromatic carbocycles. The molecule has 1 N–H and O–H groups in total. The molecule has 0 aliphatic heterocycles. The normalized spacial score (nSPS) is 12.7. The van der Waals surface area contributed by atoms with Crippen LogP contribution in [0, 0.1) is 6.92 Å². The molecular weight excluding hydrogens is 256 g/mol. The van der Waals surface area contributed by atoms with Crippen molar-refractivity contribution in [1.29, 1.82) is 0 Å². The standard InChI is InChI=1S/C14H16N4S/c1-3-11(12-7-5-9-19-12)15-14-16-13-8-4-6-10(2)18(13)17-14/h4-9,11H,3H2,1-2H3,(H,15,17). The Labute approximate surface area is 116 Å². The predicted molar refractivity (Wildman–Crippen MR) is 78.7 cm³/mol. The van der Waals surface area contributed by atoms with Crippen molar-refractivity contribution in [3.8, 4) is 0 Å². The van der Waals surface area contributed by atoms with Crippen LogP contribution in [-0.4, -0.2) is 14.6 Å². The zero-order valence-electron chi connectivity index (χ0n) is 11.0. The molecule has 3 rings (SSSR count). The summed E-state index contributed by atoms with van der Waals surface area (Å²) < 4.78 is 1.86. The Morgan fingerprint density at radius 1 is 1.32 bits per heavy atom. The summed E-state index contributed by atoms with van der Waals surface area (Å²) in [5.41, 5.74) is 1.96. The number of hydrogen-bond donors (Lipinski definition) is 1. The summed E-state index contributed by atoms with van der Waals surface area (Å²) in [5, 5.41) is 10.0. The number of hydrogen-bond acceptors (Lipinski definition) is 4. The van der Waals surface area contributed by atoms with E-state index in [1.165, 1.54) is 4.88 Å². The fraction of sp³-hybridized carbons (Fsp3) is 0.286. The van der Waals surface area contributed by atoms with Crippen LogP contribution in [0.25, 0.3) is 5.65 Å². The van der Waals surface area contributed by atoms with Crippen LogP contribution in [0.3, 0.4) is 0 Å². The van der Waals surface area contributed by atoms with E-state index < -0.39 is 0 Å². The first kappa shape index (κ1) is 12.2. The van der Waals surface area contributed by atoms with Gasteiger partial charge in [0.1, 0.15) is 0 Å². The van der Waals surface area contributed by atoms with Crippen molar-refractivity contribution in [2.75, 3.05) is 5.32 Å². The van der Waals surface area contributed by atoms with E-state index in [9.17, 15) is 0 Å². The molecule has 4 nitrogen and oxygen atoms in total. The average molecular weight is 272 g/mol. The minimum absolute atomic E-state index is 0.276. The first-order chi connectivity index (χ1) is 9.28. The van der Waals surface area contributed by atoms with Crippen LogP contribution in [-0.2, 0) is 0 Å². The van der Waals surface area contributed by atoms with Crippen LogP contribution < -0.4 is 5.32 Å². The molecule has 0 aliphatic carbocycles. The quantitative estimate of drug-likeness (QED) is 0.788. The van der Waals surface area contributed by atoms with E-state index in [2.05, 4.69) is 39.8 Å². The molecule has 5 heteroatoms. The number of pyridine rings is 1. The lowest BCUT2D eigenvalue weighted by Crippen LogP contribution is -2.09. The van der Waals surface area contributed by atoms with Gasteiger partial charge in [0.05, 0.1) is 6.04 Å². The van der Waals surface area contributed by atoms with Gasteiger partial charge in [-0.05, 0) is 36.9 Å². The van der Waals surface area contributed by atoms with Crippen LogP contribution in [0.5, 0.6) is 0 Å². The highest BCUT2D eigenvalue weighted by Crippen LogP contribution is 2.25. The molecular formula is C14H16N4S. The van der Waals surface area contributed by atoms with Gasteiger partial charge in [-0.15, -0.1) is 16.4 Å². The number of rotatable bonds is 4. The van der Waals surface area contributed by atoms with Crippen molar-refractivity contribution in [1.82, 2.24) is 14.6 Å². The van der Waals surface area contributed by atoms with Crippen LogP contribution in [0.4, 0.5) is 5.95 Å². The zero-order chi connectivity index (χ0) is 13.2. The highest BCUT2D eigenvalue weighted by molar-refractivity contribution is 7.10. The molecule has 0 aliphatic rings. The SMILES string of the molecule is CCC(Nc1nc2cccc(C)n2n1)c1cccs1. The largest absolute Gasteiger partial charge is 0.345 e. The summed E-state index contributed by atoms with van der Waals surface area (Å²) in [5.74, 6) is 0.689. The molecule has 3 aromatic heterocycles. The minimum Gasteiger partial charge on any atom is -0.345 e. The number of thiophene rings is 1. The van der Waals surface area contributed by atoms with E-state index in [1.54, 1.807) is 11.3 Å². The molecule has 3 aromatic rings. The van der Waals surface area contributed by atoms with Crippen molar-refractivity contribution >= 4 is 22.9 Å². The van der Waals surface area contributed by atoms with Gasteiger partial charge < -0.3 is 5.32 Å². The maximum atomic E-state index is 4.52. The zero-order valence-corrected chi connectivity index (χ0v) is 11.8. The van der Waals surface area contributed by atoms with Crippen molar-refractivity contribution < 1.29 is 0 Å². The lowest BCUT2D eigenvalue weighted by molar-refractivity contribution is 0.750. The fourth-order valence-electron chi connectivity index (χ4n) is 2.12. The lowest BCUT2D eigenvalue weighted by Gasteiger charge is -2.13. The Bertz CT molecular complexity index is 672. The van der Waals surface area contributed by atoms with Crippen LogP contribution >= 0.6 is 11.3 Å². The Hall–Kier alpha value is -1.88. The second-order valence-corrected chi connectivity index (χ2v) is 5.47. The van der Waals surface area contributed by atoms with Crippen LogP contribution in [0.15, 0.2) is 35.7 Å². The van der Waals surface area contributed by atoms with Gasteiger partial charge in [-0.3, -0.25) is 0 Å². The first-order valence-corrected chi connectivity index (χ1v) is 7.28. The van der Waals surface area contributed by atoms with Gasteiger partial charge in [-0.2, -0.15) is 4.98 Å². The van der Waals surface area contributed by atoms with Gasteiger partial charge in [0.2, 0.25) is 5.95 Å². The van der Waals surface area contributed by atoms with E-state index in [1.807, 2.05) is 29.6 Å². The molecule has 0 radical (unpaired) electrons. The maximum Gasteiger partial charge on any atom is 0.243 e. The van der Waals surface area contributed by atoms with Crippen molar-refractivity contribution in [2.24, 2.45) is 0 Å². The van der Waals surface area contributed by atoms with E-state index in [-0.39, 0.29) is 6.04 Å². The Morgan fingerprint density at radius 2 is 2.21 bits per heavy atom. The molecule has 19 heavy (non-hydrogen) atoms. The van der Waals surface area contributed by atoms with Crippen molar-refractivity contribution in [3.63, 3.8) is 0 Å². The monoisotopic (exact) mass is 272 g/mol. The molecule has 0 saturated heterocycles. The molecule has 0 amide bonds. The summed E-state index contributed by atoms with van der Waals surface area (Å²) in [6.07, 6.45) is 1.01. The molecule has 98 valence electrons. The third-order valence-electron chi connectivity index (χ3n) is 3.15. The second kappa shape index (κ2) is 5.01. The lowest BCUT2D eigenvalue weighted by atomic mass is 10.2. The van der Waals surface area contributed by atoms with Gasteiger partial charge in [0.25, 0.3) is 0 Å². The van der Waals surface area contributed by atoms with Crippen molar-refractivity contribution in [3.05, 3.63) is 46.3 Å². The Kier molecular flexibility index (Phi) is 3.21. The molecule has 1 atom stereocenters. The Balaban J connectivity index is 1.90. The smallest absolute Gasteiger partial charge is 0.243 e. The number of nitrogens with zero attached hydrogens (tertiary/aromatic N) is 3. The van der Waals surface area contributed by atoms with E-state index >= 15 is 0 Å². The summed E-state index contributed by atoms with van der Waals surface area (Å²) in [6.45, 7) is 4.19. The molecule has 0 fully saturated rings. The van der Waals surface area contributed by atoms with Gasteiger partial charge in [-0.25, -0.2) is 4.52 Å². The number of aromatic nitrogens is 3. The van der Waals surface area contributed by atoms with Crippen LogP contribution in [0.1, 0.15) is 30.0 Å². The number of fused-ring (bicyclic) bond motifs is 1. The van der Waals surface area contributed by atoms with Gasteiger partial charge in [0.15, 0.2) is 5.65 Å². The van der Waals surface area contributed by atoms with E-state index in [0.717, 1.165) is 17.8 Å². The average Bonchev–Trinajstić information content (AvgIpc) is 3.05. The predicted octanol–water partition coefficient (Wildman–Crippen LogP) is 3.66. The topological polar surface area (TPSA) is 42.2 Å². The summed E-state index contributed by atoms with van der Waals surface area (Å²) >= 11 is 1.76. The second-order valence-electron chi connectivity index (χ2n) is 4.49. The number of aryl methyl sites for hydroxylation is 1. The molecule has 3 heterocycles. The third-order valence-corrected chi connectivity index (χ3v) is 4.13. The van der Waals surface area contributed by atoms with Crippen molar-refractivity contribution in [2.45, 2.75) is 26.3 Å². The number of nitrogens with one attached hydrogen (secondary N) is 1. The molecule has 1 unspecified atom stereocenters. The summed E-state index contributed by atoms with van der Waals surface area (Å²) in [6, 6.07) is 10.5.